The third-order valence-electron chi connectivity index (χ3n) is 3.76. The number of ether oxygens (including phenoxy) is 4. The van der Waals surface area contributed by atoms with Crippen LogP contribution in [0.4, 0.5) is 0 Å². The fraction of sp³-hybridized carbons (Fsp3) is 1.00. The molecule has 112 valence electrons. The van der Waals surface area contributed by atoms with Crippen molar-refractivity contribution in [1.29, 1.82) is 0 Å². The Bertz CT molecular complexity index is 295. The second-order valence-electron chi connectivity index (χ2n) is 6.01. The molecule has 19 heavy (non-hydrogen) atoms. The Kier molecular flexibility index (Phi) is 4.84. The van der Waals surface area contributed by atoms with Gasteiger partial charge in [0.25, 0.3) is 0 Å². The Morgan fingerprint density at radius 1 is 1.32 bits per heavy atom. The molecule has 2 heterocycles. The van der Waals surface area contributed by atoms with Gasteiger partial charge in [0.1, 0.15) is 6.10 Å². The first-order chi connectivity index (χ1) is 8.94. The van der Waals surface area contributed by atoms with Crippen LogP contribution in [0.25, 0.3) is 0 Å². The predicted molar refractivity (Wildman–Crippen MR) is 71.6 cm³/mol. The van der Waals surface area contributed by atoms with E-state index in [-0.39, 0.29) is 30.5 Å². The van der Waals surface area contributed by atoms with Crippen molar-refractivity contribution in [1.82, 2.24) is 0 Å². The van der Waals surface area contributed by atoms with Crippen LogP contribution in [-0.4, -0.2) is 43.5 Å². The lowest BCUT2D eigenvalue weighted by Crippen LogP contribution is -2.54. The van der Waals surface area contributed by atoms with E-state index in [0.29, 0.717) is 13.2 Å². The van der Waals surface area contributed by atoms with Gasteiger partial charge in [-0.1, -0.05) is 13.3 Å². The van der Waals surface area contributed by atoms with Crippen molar-refractivity contribution in [3.8, 4) is 0 Å². The molecule has 0 bridgehead atoms. The zero-order chi connectivity index (χ0) is 14.0. The Hall–Kier alpha value is -0.200. The van der Waals surface area contributed by atoms with Crippen molar-refractivity contribution in [2.75, 3.05) is 13.2 Å². The van der Waals surface area contributed by atoms with Crippen molar-refractivity contribution in [3.63, 3.8) is 0 Å². The molecule has 2 rings (SSSR count). The van der Waals surface area contributed by atoms with Gasteiger partial charge in [-0.15, -0.1) is 0 Å². The zero-order valence-corrected chi connectivity index (χ0v) is 12.4. The summed E-state index contributed by atoms with van der Waals surface area (Å²) >= 11 is 0. The van der Waals surface area contributed by atoms with Gasteiger partial charge in [0.15, 0.2) is 12.1 Å². The summed E-state index contributed by atoms with van der Waals surface area (Å²) in [5.41, 5.74) is 6.02. The lowest BCUT2D eigenvalue weighted by atomic mass is 9.90. The molecule has 0 radical (unpaired) electrons. The van der Waals surface area contributed by atoms with Gasteiger partial charge in [0.05, 0.1) is 12.7 Å². The lowest BCUT2D eigenvalue weighted by molar-refractivity contribution is -0.240. The van der Waals surface area contributed by atoms with Crippen molar-refractivity contribution in [3.05, 3.63) is 0 Å². The average Bonchev–Trinajstić information content (AvgIpc) is 2.64. The number of hydrogen-bond acceptors (Lipinski definition) is 5. The normalized spacial score (nSPS) is 39.0. The minimum absolute atomic E-state index is 0.0154. The highest BCUT2D eigenvalue weighted by Crippen LogP contribution is 2.38. The van der Waals surface area contributed by atoms with Gasteiger partial charge in [-0.25, -0.2) is 0 Å². The van der Waals surface area contributed by atoms with Crippen molar-refractivity contribution >= 4 is 0 Å². The highest BCUT2D eigenvalue weighted by atomic mass is 16.8. The molecular weight excluding hydrogens is 246 g/mol. The Balaban J connectivity index is 2.02. The smallest absolute Gasteiger partial charge is 0.186 e. The molecule has 2 N–H and O–H groups in total. The van der Waals surface area contributed by atoms with Gasteiger partial charge in [0, 0.05) is 18.6 Å². The maximum atomic E-state index is 6.02. The third kappa shape index (κ3) is 3.47. The molecular formula is C14H27NO4. The maximum absolute atomic E-state index is 6.02. The molecule has 0 saturated carbocycles. The molecule has 5 nitrogen and oxygen atoms in total. The molecule has 0 aromatic heterocycles. The first-order valence-electron chi connectivity index (χ1n) is 7.29. The summed E-state index contributed by atoms with van der Waals surface area (Å²) in [5.74, 6) is -0.444. The van der Waals surface area contributed by atoms with Gasteiger partial charge in [-0.3, -0.25) is 0 Å². The van der Waals surface area contributed by atoms with Crippen LogP contribution in [0.5, 0.6) is 0 Å². The number of fused-ring (bicyclic) bond motifs is 1. The van der Waals surface area contributed by atoms with E-state index in [1.807, 2.05) is 20.8 Å². The molecule has 0 aliphatic carbocycles. The molecule has 0 aromatic rings. The van der Waals surface area contributed by atoms with Crippen LogP contribution >= 0.6 is 0 Å². The van der Waals surface area contributed by atoms with Crippen molar-refractivity contribution in [2.24, 2.45) is 11.7 Å². The van der Waals surface area contributed by atoms with Crippen LogP contribution in [0, 0.1) is 5.92 Å². The fourth-order valence-electron chi connectivity index (χ4n) is 2.69. The maximum Gasteiger partial charge on any atom is 0.186 e. The van der Waals surface area contributed by atoms with Crippen LogP contribution in [0.2, 0.25) is 0 Å². The molecule has 3 unspecified atom stereocenters. The van der Waals surface area contributed by atoms with Crippen LogP contribution < -0.4 is 5.73 Å². The second kappa shape index (κ2) is 6.06. The highest BCUT2D eigenvalue weighted by molar-refractivity contribution is 4.94. The van der Waals surface area contributed by atoms with E-state index >= 15 is 0 Å². The number of nitrogens with two attached hydrogens (primary N) is 1. The molecule has 2 saturated heterocycles. The summed E-state index contributed by atoms with van der Waals surface area (Å²) in [7, 11) is 0. The minimum Gasteiger partial charge on any atom is -0.350 e. The van der Waals surface area contributed by atoms with E-state index in [1.54, 1.807) is 0 Å². The second-order valence-corrected chi connectivity index (χ2v) is 6.01. The summed E-state index contributed by atoms with van der Waals surface area (Å²) in [5, 5.41) is 0. The Morgan fingerprint density at radius 3 is 2.63 bits per heavy atom. The van der Waals surface area contributed by atoms with Gasteiger partial charge in [0.2, 0.25) is 0 Å². The first kappa shape index (κ1) is 15.2. The van der Waals surface area contributed by atoms with E-state index < -0.39 is 5.79 Å². The molecule has 5 heteroatoms. The quantitative estimate of drug-likeness (QED) is 0.772. The average molecular weight is 273 g/mol. The van der Waals surface area contributed by atoms with Gasteiger partial charge in [-0.2, -0.15) is 0 Å². The highest BCUT2D eigenvalue weighted by Gasteiger charge is 2.53. The Labute approximate surface area is 115 Å². The summed E-state index contributed by atoms with van der Waals surface area (Å²) in [6.07, 6.45) is 1.56. The van der Waals surface area contributed by atoms with Crippen LogP contribution in [0.1, 0.15) is 40.5 Å². The van der Waals surface area contributed by atoms with E-state index in [2.05, 4.69) is 6.92 Å². The molecule has 2 aliphatic heterocycles. The van der Waals surface area contributed by atoms with E-state index in [0.717, 1.165) is 12.8 Å². The van der Waals surface area contributed by atoms with E-state index in [4.69, 9.17) is 24.7 Å². The minimum atomic E-state index is -0.595. The van der Waals surface area contributed by atoms with Crippen LogP contribution in [-0.2, 0) is 18.9 Å². The zero-order valence-electron chi connectivity index (χ0n) is 12.4. The predicted octanol–water partition coefficient (Wildman–Crippen LogP) is 1.64. The van der Waals surface area contributed by atoms with Gasteiger partial charge < -0.3 is 24.7 Å². The summed E-state index contributed by atoms with van der Waals surface area (Å²) < 4.78 is 23.5. The van der Waals surface area contributed by atoms with Gasteiger partial charge in [-0.05, 0) is 27.2 Å². The fourth-order valence-corrected chi connectivity index (χ4v) is 2.69. The summed E-state index contributed by atoms with van der Waals surface area (Å²) in [6, 6.07) is 0.0154. The van der Waals surface area contributed by atoms with Crippen molar-refractivity contribution in [2.45, 2.75) is 70.9 Å². The van der Waals surface area contributed by atoms with Crippen molar-refractivity contribution < 1.29 is 18.9 Å². The first-order valence-corrected chi connectivity index (χ1v) is 7.29. The summed E-state index contributed by atoms with van der Waals surface area (Å²) in [4.78, 5) is 0. The largest absolute Gasteiger partial charge is 0.350 e. The topological polar surface area (TPSA) is 62.9 Å². The standard InChI is InChI=1S/C14H27NO4/c1-5-6-7-16-13-12-11(18-14(3,4)19-12)10(8-17-13)9(2)15/h9-13H,5-8,15H2,1-4H3/t9?,10-,11?,12?,13+/m0/s1. The lowest BCUT2D eigenvalue weighted by Gasteiger charge is -2.38. The number of hydrogen-bond donors (Lipinski definition) is 1. The van der Waals surface area contributed by atoms with Crippen LogP contribution in [0.15, 0.2) is 0 Å². The van der Waals surface area contributed by atoms with Crippen LogP contribution in [0.3, 0.4) is 0 Å². The SMILES string of the molecule is CCCCO[C@@H]1OC[C@@H](C(C)N)C2OC(C)(C)OC21. The van der Waals surface area contributed by atoms with E-state index in [9.17, 15) is 0 Å². The molecule has 5 atom stereocenters. The number of unbranched alkanes of at least 4 members (excludes halogenated alkanes) is 1. The van der Waals surface area contributed by atoms with Gasteiger partial charge >= 0.3 is 0 Å². The number of rotatable bonds is 5. The Morgan fingerprint density at radius 2 is 2.00 bits per heavy atom. The monoisotopic (exact) mass is 273 g/mol. The molecule has 0 amide bonds. The van der Waals surface area contributed by atoms with E-state index in [1.165, 1.54) is 0 Å². The third-order valence-corrected chi connectivity index (χ3v) is 3.76. The molecule has 0 aromatic carbocycles. The molecule has 2 fully saturated rings. The summed E-state index contributed by atoms with van der Waals surface area (Å²) in [6.45, 7) is 9.22. The molecule has 2 aliphatic rings. The molecule has 0 spiro atoms.